The van der Waals surface area contributed by atoms with Gasteiger partial charge in [-0.1, -0.05) is 37.1 Å². The predicted octanol–water partition coefficient (Wildman–Crippen LogP) is 3.53. The Labute approximate surface area is 179 Å². The maximum atomic E-state index is 13.6. The molecular weight excluding hydrogens is 392 g/mol. The Hall–Kier alpha value is -3.48. The number of para-hydroxylation sites is 1. The number of aromatic nitrogens is 2. The Balaban J connectivity index is 1.56. The van der Waals surface area contributed by atoms with Gasteiger partial charge in [0.1, 0.15) is 5.65 Å². The number of hydrogen-bond donors (Lipinski definition) is 0. The van der Waals surface area contributed by atoms with Crippen LogP contribution in [0.3, 0.4) is 0 Å². The lowest BCUT2D eigenvalue weighted by Crippen LogP contribution is -2.62. The van der Waals surface area contributed by atoms with Gasteiger partial charge in [-0.3, -0.25) is 14.0 Å². The molecule has 1 aliphatic heterocycles. The van der Waals surface area contributed by atoms with Gasteiger partial charge < -0.3 is 4.90 Å². The number of carbonyl (C=O) groups excluding carboxylic acids is 2. The lowest BCUT2D eigenvalue weighted by molar-refractivity contribution is -0.126. The molecule has 7 heteroatoms. The zero-order valence-electron chi connectivity index (χ0n) is 17.4. The van der Waals surface area contributed by atoms with Gasteiger partial charge in [0.25, 0.3) is 5.56 Å². The van der Waals surface area contributed by atoms with Gasteiger partial charge in [0, 0.05) is 18.3 Å². The van der Waals surface area contributed by atoms with Crippen LogP contribution >= 0.6 is 0 Å². The number of aryl methyl sites for hydroxylation is 1. The van der Waals surface area contributed by atoms with Crippen molar-refractivity contribution in [1.82, 2.24) is 14.3 Å². The summed E-state index contributed by atoms with van der Waals surface area (Å²) in [7, 11) is 0. The Morgan fingerprint density at radius 3 is 2.61 bits per heavy atom. The molecule has 158 valence electrons. The van der Waals surface area contributed by atoms with Gasteiger partial charge in [0.2, 0.25) is 5.91 Å². The van der Waals surface area contributed by atoms with Crippen LogP contribution in [0.2, 0.25) is 0 Å². The van der Waals surface area contributed by atoms with E-state index in [9.17, 15) is 14.4 Å². The number of amides is 3. The molecule has 1 aromatic carbocycles. The average molecular weight is 416 g/mol. The van der Waals surface area contributed by atoms with E-state index in [1.54, 1.807) is 23.2 Å². The van der Waals surface area contributed by atoms with Crippen LogP contribution in [0.25, 0.3) is 5.65 Å². The molecule has 31 heavy (non-hydrogen) atoms. The van der Waals surface area contributed by atoms with Crippen molar-refractivity contribution in [2.75, 3.05) is 4.90 Å². The van der Waals surface area contributed by atoms with E-state index in [0.29, 0.717) is 17.0 Å². The Morgan fingerprint density at radius 2 is 1.77 bits per heavy atom. The van der Waals surface area contributed by atoms with E-state index in [4.69, 9.17) is 0 Å². The second-order valence-corrected chi connectivity index (χ2v) is 8.34. The molecule has 2 aliphatic rings. The minimum atomic E-state index is -0.336. The number of rotatable bonds is 3. The summed E-state index contributed by atoms with van der Waals surface area (Å²) >= 11 is 0. The molecule has 0 radical (unpaired) electrons. The Bertz CT molecular complexity index is 1230. The van der Waals surface area contributed by atoms with Gasteiger partial charge in [-0.15, -0.1) is 0 Å². The quantitative estimate of drug-likeness (QED) is 0.655. The summed E-state index contributed by atoms with van der Waals surface area (Å²) in [6, 6.07) is 13.8. The molecule has 0 spiro atoms. The standard InChI is InChI=1S/C24H24N4O3/c1-16-8-2-4-10-19(16)28-23(30)18-9-3-5-11-20(18)27(24(28)31)15-17-14-22(29)26-13-7-6-12-21(26)25-17/h2,4,6-8,10,12-14,18,20H,3,5,9,11,15H2,1H3. The number of pyridine rings is 1. The van der Waals surface area contributed by atoms with Crippen LogP contribution in [-0.4, -0.2) is 32.3 Å². The number of imide groups is 1. The van der Waals surface area contributed by atoms with Gasteiger partial charge >= 0.3 is 6.03 Å². The van der Waals surface area contributed by atoms with E-state index in [0.717, 1.165) is 31.2 Å². The first-order valence-corrected chi connectivity index (χ1v) is 10.7. The number of nitrogens with zero attached hydrogens (tertiary/aromatic N) is 4. The molecule has 2 atom stereocenters. The van der Waals surface area contributed by atoms with Gasteiger partial charge in [0.15, 0.2) is 0 Å². The van der Waals surface area contributed by atoms with Crippen LogP contribution in [0.1, 0.15) is 36.9 Å². The molecule has 3 amide bonds. The number of anilines is 1. The predicted molar refractivity (Wildman–Crippen MR) is 117 cm³/mol. The summed E-state index contributed by atoms with van der Waals surface area (Å²) < 4.78 is 1.48. The second kappa shape index (κ2) is 7.65. The first-order valence-electron chi connectivity index (χ1n) is 10.7. The normalized spacial score (nSPS) is 21.5. The number of fused-ring (bicyclic) bond motifs is 2. The average Bonchev–Trinajstić information content (AvgIpc) is 2.78. The van der Waals surface area contributed by atoms with E-state index in [-0.39, 0.29) is 36.0 Å². The van der Waals surface area contributed by atoms with Crippen molar-refractivity contribution >= 4 is 23.3 Å². The van der Waals surface area contributed by atoms with Crippen molar-refractivity contribution in [3.8, 4) is 0 Å². The molecule has 1 saturated carbocycles. The highest BCUT2D eigenvalue weighted by Crippen LogP contribution is 2.37. The maximum Gasteiger partial charge on any atom is 0.332 e. The topological polar surface area (TPSA) is 75.0 Å². The molecule has 2 aromatic heterocycles. The van der Waals surface area contributed by atoms with Crippen LogP contribution in [0.4, 0.5) is 10.5 Å². The number of urea groups is 1. The summed E-state index contributed by atoms with van der Waals surface area (Å²) in [4.78, 5) is 47.2. The molecule has 3 heterocycles. The first-order chi connectivity index (χ1) is 15.0. The van der Waals surface area contributed by atoms with Crippen LogP contribution in [0, 0.1) is 12.8 Å². The fourth-order valence-electron chi connectivity index (χ4n) is 4.88. The SMILES string of the molecule is Cc1ccccc1N1C(=O)C2CCCCC2N(Cc2cc(=O)n3ccccc3n2)C1=O. The molecule has 3 aromatic rings. The largest absolute Gasteiger partial charge is 0.332 e. The van der Waals surface area contributed by atoms with Crippen molar-refractivity contribution in [2.24, 2.45) is 5.92 Å². The lowest BCUT2D eigenvalue weighted by atomic mass is 9.81. The van der Waals surface area contributed by atoms with Crippen molar-refractivity contribution < 1.29 is 9.59 Å². The molecular formula is C24H24N4O3. The van der Waals surface area contributed by atoms with E-state index < -0.39 is 0 Å². The van der Waals surface area contributed by atoms with Crippen molar-refractivity contribution in [1.29, 1.82) is 0 Å². The number of carbonyl (C=O) groups is 2. The maximum absolute atomic E-state index is 13.6. The van der Waals surface area contributed by atoms with Crippen molar-refractivity contribution in [3.63, 3.8) is 0 Å². The van der Waals surface area contributed by atoms with Gasteiger partial charge in [-0.25, -0.2) is 14.7 Å². The van der Waals surface area contributed by atoms with Crippen LogP contribution in [0.5, 0.6) is 0 Å². The monoisotopic (exact) mass is 416 g/mol. The summed E-state index contributed by atoms with van der Waals surface area (Å²) in [5.41, 5.74) is 2.39. The molecule has 0 N–H and O–H groups in total. The molecule has 2 unspecified atom stereocenters. The first kappa shape index (κ1) is 19.5. The highest BCUT2D eigenvalue weighted by Gasteiger charge is 2.47. The zero-order valence-corrected chi connectivity index (χ0v) is 17.4. The van der Waals surface area contributed by atoms with Crippen LogP contribution in [-0.2, 0) is 11.3 Å². The summed E-state index contributed by atoms with van der Waals surface area (Å²) in [5, 5.41) is 0. The fourth-order valence-corrected chi connectivity index (χ4v) is 4.88. The second-order valence-electron chi connectivity index (χ2n) is 8.34. The number of hydrogen-bond acceptors (Lipinski definition) is 4. The third-order valence-corrected chi connectivity index (χ3v) is 6.42. The highest BCUT2D eigenvalue weighted by atomic mass is 16.2. The molecule has 1 saturated heterocycles. The summed E-state index contributed by atoms with van der Waals surface area (Å²) in [6.45, 7) is 2.11. The van der Waals surface area contributed by atoms with E-state index in [1.165, 1.54) is 15.4 Å². The van der Waals surface area contributed by atoms with Crippen molar-refractivity contribution in [2.45, 2.75) is 45.2 Å². The van der Waals surface area contributed by atoms with Crippen LogP contribution in [0.15, 0.2) is 59.5 Å². The highest BCUT2D eigenvalue weighted by molar-refractivity contribution is 6.17. The van der Waals surface area contributed by atoms with Gasteiger partial charge in [-0.05, 0) is 43.5 Å². The third kappa shape index (κ3) is 3.30. The zero-order chi connectivity index (χ0) is 21.5. The molecule has 1 aliphatic carbocycles. The van der Waals surface area contributed by atoms with E-state index >= 15 is 0 Å². The minimum Gasteiger partial charge on any atom is -0.314 e. The molecule has 7 nitrogen and oxygen atoms in total. The van der Waals surface area contributed by atoms with Crippen LogP contribution < -0.4 is 10.5 Å². The molecule has 2 fully saturated rings. The van der Waals surface area contributed by atoms with E-state index in [1.807, 2.05) is 37.3 Å². The molecule has 0 bridgehead atoms. The Kier molecular flexibility index (Phi) is 4.81. The van der Waals surface area contributed by atoms with Crippen molar-refractivity contribution in [3.05, 3.63) is 76.3 Å². The lowest BCUT2D eigenvalue weighted by Gasteiger charge is -2.46. The number of benzene rings is 1. The summed E-state index contributed by atoms with van der Waals surface area (Å²) in [6.07, 6.45) is 5.19. The van der Waals surface area contributed by atoms with Gasteiger partial charge in [0.05, 0.1) is 23.8 Å². The molecule has 5 rings (SSSR count). The van der Waals surface area contributed by atoms with E-state index in [2.05, 4.69) is 4.98 Å². The third-order valence-electron chi connectivity index (χ3n) is 6.42. The smallest absolute Gasteiger partial charge is 0.314 e. The van der Waals surface area contributed by atoms with Gasteiger partial charge in [-0.2, -0.15) is 0 Å². The Morgan fingerprint density at radius 1 is 1.00 bits per heavy atom. The summed E-state index contributed by atoms with van der Waals surface area (Å²) in [5.74, 6) is -0.348. The minimum absolute atomic E-state index is 0.119. The fraction of sp³-hybridized carbons (Fsp3) is 0.333.